The summed E-state index contributed by atoms with van der Waals surface area (Å²) in [6.07, 6.45) is 9.58. The average molecular weight is 1140 g/mol. The number of methoxy groups -OCH3 is 1. The Balaban J connectivity index is 0.702. The van der Waals surface area contributed by atoms with Gasteiger partial charge in [-0.1, -0.05) is 36.4 Å². The van der Waals surface area contributed by atoms with Crippen molar-refractivity contribution in [3.05, 3.63) is 113 Å². The van der Waals surface area contributed by atoms with Gasteiger partial charge in [-0.2, -0.15) is 10.1 Å². The molecule has 5 aliphatic heterocycles. The summed E-state index contributed by atoms with van der Waals surface area (Å²) >= 11 is 3.64. The number of rotatable bonds is 14. The maximum atomic E-state index is 15.6. The second kappa shape index (κ2) is 22.0. The fourth-order valence-corrected chi connectivity index (χ4v) is 13.2. The standard InChI is InChI=1S/C57H63BrFN12O6P/c1-66-34-38(31-61-66)40-28-46(63-57-60-32-43(58)53(65-57)62-45-11-10-37(26-51(45)78(3,4)76)36-8-6-5-7-9-36)50(77-2)30-48(40)70-24-22-68(23-25-70)39-16-18-67(19-17-39)33-35-14-20-69(21-15-35)49-29-42-41(27-44(49)59)55(74)71(56(42)75)47-12-13-52(72)64-54(47)73/h5-11,26-32,34-35,39,47H,12-25,33H2,1-4H3,(H,64,72,73)(H2,60,62,63,65). The number of nitrogens with one attached hydrogen (secondary N) is 3. The fraction of sp³-hybridized carbons (Fsp3) is 0.386. The molecule has 0 saturated carbocycles. The van der Waals surface area contributed by atoms with Crippen LogP contribution < -0.4 is 35.8 Å². The molecule has 5 aliphatic rings. The lowest BCUT2D eigenvalue weighted by molar-refractivity contribution is -0.136. The van der Waals surface area contributed by atoms with Crippen LogP contribution in [0.3, 0.4) is 0 Å². The summed E-state index contributed by atoms with van der Waals surface area (Å²) in [7, 11) is 0.859. The molecule has 0 aliphatic carbocycles. The number of piperidine rings is 3. The molecule has 11 rings (SSSR count). The first-order chi connectivity index (χ1) is 37.6. The van der Waals surface area contributed by atoms with E-state index in [0.717, 1.165) is 116 Å². The van der Waals surface area contributed by atoms with Crippen molar-refractivity contribution in [3.8, 4) is 28.0 Å². The fourth-order valence-electron chi connectivity index (χ4n) is 11.8. The second-order valence-electron chi connectivity index (χ2n) is 21.3. The van der Waals surface area contributed by atoms with Gasteiger partial charge in [-0.15, -0.1) is 0 Å². The number of benzene rings is 4. The smallest absolute Gasteiger partial charge is 0.262 e. The van der Waals surface area contributed by atoms with Crippen molar-refractivity contribution in [2.45, 2.75) is 50.6 Å². The number of carbonyl (C=O) groups is 4. The van der Waals surface area contributed by atoms with E-state index in [0.29, 0.717) is 64.1 Å². The Bertz CT molecular complexity index is 3350. The van der Waals surface area contributed by atoms with E-state index >= 15 is 4.39 Å². The van der Waals surface area contributed by atoms with E-state index in [1.165, 1.54) is 6.07 Å². The Morgan fingerprint density at radius 3 is 2.15 bits per heavy atom. The number of halogens is 2. The molecular weight excluding hydrogens is 1080 g/mol. The Labute approximate surface area is 461 Å². The number of aryl methyl sites for hydroxylation is 1. The van der Waals surface area contributed by atoms with Gasteiger partial charge in [-0.05, 0) is 122 Å². The Morgan fingerprint density at radius 1 is 0.756 bits per heavy atom. The zero-order chi connectivity index (χ0) is 54.4. The minimum atomic E-state index is -2.72. The van der Waals surface area contributed by atoms with E-state index in [4.69, 9.17) is 9.72 Å². The number of nitrogens with zero attached hydrogens (tertiary/aromatic N) is 9. The van der Waals surface area contributed by atoms with Gasteiger partial charge >= 0.3 is 0 Å². The summed E-state index contributed by atoms with van der Waals surface area (Å²) in [4.78, 5) is 71.0. The van der Waals surface area contributed by atoms with Crippen molar-refractivity contribution in [3.63, 3.8) is 0 Å². The Morgan fingerprint density at radius 2 is 1.47 bits per heavy atom. The molecular formula is C57H63BrFN12O6P. The number of piperazine rings is 1. The Hall–Kier alpha value is -6.99. The first-order valence-electron chi connectivity index (χ1n) is 26.6. The van der Waals surface area contributed by atoms with E-state index in [9.17, 15) is 23.7 Å². The molecule has 78 heavy (non-hydrogen) atoms. The molecule has 3 N–H and O–H groups in total. The first kappa shape index (κ1) is 53.0. The first-order valence-corrected chi connectivity index (χ1v) is 30.0. The topological polar surface area (TPSA) is 190 Å². The van der Waals surface area contributed by atoms with Crippen LogP contribution in [0.2, 0.25) is 0 Å². The molecule has 406 valence electrons. The molecule has 18 nitrogen and oxygen atoms in total. The van der Waals surface area contributed by atoms with Crippen LogP contribution >= 0.6 is 23.1 Å². The second-order valence-corrected chi connectivity index (χ2v) is 25.4. The molecule has 4 saturated heterocycles. The van der Waals surface area contributed by atoms with E-state index in [2.05, 4.69) is 68.8 Å². The number of aromatic nitrogens is 4. The highest BCUT2D eigenvalue weighted by Crippen LogP contribution is 2.43. The monoisotopic (exact) mass is 1140 g/mol. The molecule has 6 aromatic rings. The van der Waals surface area contributed by atoms with Crippen LogP contribution in [0.4, 0.5) is 38.9 Å². The van der Waals surface area contributed by atoms with Gasteiger partial charge in [0.25, 0.3) is 11.8 Å². The third-order valence-corrected chi connectivity index (χ3v) is 18.1. The lowest BCUT2D eigenvalue weighted by Crippen LogP contribution is -2.54. The maximum Gasteiger partial charge on any atom is 0.262 e. The largest absolute Gasteiger partial charge is 0.494 e. The normalized spacial score (nSPS) is 19.1. The minimum Gasteiger partial charge on any atom is -0.494 e. The van der Waals surface area contributed by atoms with Gasteiger partial charge in [0.15, 0.2) is 0 Å². The SMILES string of the molecule is COc1cc(N2CCN(C3CCN(CC4CCN(c5cc6c(cc5F)C(=O)N(C5CCC(=O)NC5=O)C6=O)CC4)CC3)CC2)c(-c2cnn(C)c2)cc1Nc1ncc(Br)c(Nc2ccc(-c3ccccc3)cc2P(C)(C)=O)n1. The molecule has 1 atom stereocenters. The molecule has 7 heterocycles. The number of amides is 4. The summed E-state index contributed by atoms with van der Waals surface area (Å²) in [6, 6.07) is 22.2. The summed E-state index contributed by atoms with van der Waals surface area (Å²) in [5, 5.41) is 14.3. The van der Waals surface area contributed by atoms with Gasteiger partial charge in [0.1, 0.15) is 30.6 Å². The maximum absolute atomic E-state index is 15.6. The van der Waals surface area contributed by atoms with Gasteiger partial charge < -0.3 is 34.6 Å². The molecule has 21 heteroatoms. The zero-order valence-corrected chi connectivity index (χ0v) is 46.7. The quantitative estimate of drug-likeness (QED) is 0.0700. The molecule has 0 bridgehead atoms. The lowest BCUT2D eigenvalue weighted by atomic mass is 9.93. The van der Waals surface area contributed by atoms with E-state index in [1.807, 2.05) is 72.9 Å². The zero-order valence-electron chi connectivity index (χ0n) is 44.2. The molecule has 0 radical (unpaired) electrons. The van der Waals surface area contributed by atoms with Crippen molar-refractivity contribution in [2.75, 3.05) is 99.8 Å². The van der Waals surface area contributed by atoms with Crippen LogP contribution in [0.1, 0.15) is 59.2 Å². The van der Waals surface area contributed by atoms with Crippen LogP contribution in [0.5, 0.6) is 5.75 Å². The Kier molecular flexibility index (Phi) is 15.0. The number of likely N-dealkylation sites (tertiary alicyclic amines) is 1. The third kappa shape index (κ3) is 10.9. The molecule has 4 amide bonds. The lowest BCUT2D eigenvalue weighted by Gasteiger charge is -2.44. The molecule has 1 unspecified atom stereocenters. The summed E-state index contributed by atoms with van der Waals surface area (Å²) in [6.45, 7) is 11.4. The van der Waals surface area contributed by atoms with Crippen LogP contribution in [0.15, 0.2) is 95.9 Å². The minimum absolute atomic E-state index is 0.0190. The summed E-state index contributed by atoms with van der Waals surface area (Å²) in [5.41, 5.74) is 6.77. The number of hydrogen-bond acceptors (Lipinski definition) is 15. The van der Waals surface area contributed by atoms with Crippen LogP contribution in [0, 0.1) is 11.7 Å². The van der Waals surface area contributed by atoms with Gasteiger partial charge in [0.2, 0.25) is 17.8 Å². The highest BCUT2D eigenvalue weighted by Gasteiger charge is 2.45. The number of fused-ring (bicyclic) bond motifs is 1. The predicted octanol–water partition coefficient (Wildman–Crippen LogP) is 8.09. The van der Waals surface area contributed by atoms with Crippen molar-refractivity contribution in [1.29, 1.82) is 0 Å². The molecule has 4 aromatic carbocycles. The van der Waals surface area contributed by atoms with Gasteiger partial charge in [-0.3, -0.25) is 39.0 Å². The molecule has 4 fully saturated rings. The third-order valence-electron chi connectivity index (χ3n) is 16.0. The van der Waals surface area contributed by atoms with Crippen molar-refractivity contribution in [1.82, 2.24) is 39.8 Å². The summed E-state index contributed by atoms with van der Waals surface area (Å²) < 4.78 is 37.8. The average Bonchev–Trinajstić information content (AvgIpc) is 4.16. The molecule has 2 aromatic heterocycles. The number of carbonyl (C=O) groups excluding carboxylic acids is 4. The summed E-state index contributed by atoms with van der Waals surface area (Å²) in [5.74, 6) is -1.10. The number of anilines is 6. The molecule has 0 spiro atoms. The van der Waals surface area contributed by atoms with Crippen molar-refractivity contribution >= 4 is 86.5 Å². The number of imide groups is 2. The number of hydrogen-bond donors (Lipinski definition) is 3. The van der Waals surface area contributed by atoms with Crippen LogP contribution in [0.25, 0.3) is 22.3 Å². The van der Waals surface area contributed by atoms with Crippen LogP contribution in [-0.2, 0) is 21.2 Å². The van der Waals surface area contributed by atoms with E-state index < -0.39 is 42.6 Å². The van der Waals surface area contributed by atoms with Crippen molar-refractivity contribution < 1.29 is 32.9 Å². The van der Waals surface area contributed by atoms with E-state index in [-0.39, 0.29) is 24.0 Å². The van der Waals surface area contributed by atoms with Gasteiger partial charge in [0.05, 0.1) is 46.0 Å². The predicted molar refractivity (Wildman–Crippen MR) is 304 cm³/mol. The van der Waals surface area contributed by atoms with Crippen molar-refractivity contribution in [2.24, 2.45) is 13.0 Å². The highest BCUT2D eigenvalue weighted by atomic mass is 79.9. The number of ether oxygens (including phenoxy) is 1. The highest BCUT2D eigenvalue weighted by molar-refractivity contribution is 9.10. The van der Waals surface area contributed by atoms with Gasteiger partial charge in [-0.25, -0.2) is 9.37 Å². The van der Waals surface area contributed by atoms with E-state index in [1.54, 1.807) is 31.3 Å². The van der Waals surface area contributed by atoms with Crippen LogP contribution in [-0.4, -0.2) is 150 Å². The van der Waals surface area contributed by atoms with Gasteiger partial charge in [0, 0.05) is 106 Å².